The van der Waals surface area contributed by atoms with E-state index in [0.717, 1.165) is 6.54 Å². The van der Waals surface area contributed by atoms with Gasteiger partial charge in [0.05, 0.1) is 16.6 Å². The SMILES string of the molecule is CCNC(C)c1nnc(-c2c(F)cccc2Cl)o1. The van der Waals surface area contributed by atoms with E-state index in [2.05, 4.69) is 15.5 Å². The number of aromatic nitrogens is 2. The number of nitrogens with zero attached hydrogens (tertiary/aromatic N) is 2. The minimum absolute atomic E-state index is 0.0817. The maximum atomic E-state index is 13.7. The summed E-state index contributed by atoms with van der Waals surface area (Å²) < 4.78 is 19.1. The predicted octanol–water partition coefficient (Wildman–Crippen LogP) is 3.20. The second-order valence-corrected chi connectivity index (χ2v) is 4.23. The van der Waals surface area contributed by atoms with Crippen LogP contribution >= 0.6 is 11.6 Å². The minimum Gasteiger partial charge on any atom is -0.419 e. The monoisotopic (exact) mass is 269 g/mol. The van der Waals surface area contributed by atoms with E-state index in [0.29, 0.717) is 5.89 Å². The maximum absolute atomic E-state index is 13.7. The van der Waals surface area contributed by atoms with Crippen LogP contribution in [0.15, 0.2) is 22.6 Å². The third-order valence-electron chi connectivity index (χ3n) is 2.50. The number of hydrogen-bond acceptors (Lipinski definition) is 4. The zero-order valence-corrected chi connectivity index (χ0v) is 10.8. The average molecular weight is 270 g/mol. The van der Waals surface area contributed by atoms with Crippen molar-refractivity contribution in [3.8, 4) is 11.5 Å². The van der Waals surface area contributed by atoms with Crippen molar-refractivity contribution in [1.82, 2.24) is 15.5 Å². The standard InChI is InChI=1S/C12H13ClFN3O/c1-3-15-7(2)11-16-17-12(18-11)10-8(13)5-4-6-9(10)14/h4-7,15H,3H2,1-2H3. The first-order valence-corrected chi connectivity index (χ1v) is 6.02. The van der Waals surface area contributed by atoms with E-state index in [-0.39, 0.29) is 22.5 Å². The molecule has 18 heavy (non-hydrogen) atoms. The lowest BCUT2D eigenvalue weighted by Gasteiger charge is -2.06. The van der Waals surface area contributed by atoms with E-state index in [9.17, 15) is 4.39 Å². The lowest BCUT2D eigenvalue weighted by molar-refractivity contribution is 0.427. The molecule has 0 aliphatic rings. The number of halogens is 2. The molecule has 0 saturated heterocycles. The van der Waals surface area contributed by atoms with Crippen molar-refractivity contribution in [2.45, 2.75) is 19.9 Å². The highest BCUT2D eigenvalue weighted by atomic mass is 35.5. The van der Waals surface area contributed by atoms with Crippen molar-refractivity contribution in [2.75, 3.05) is 6.54 Å². The topological polar surface area (TPSA) is 51.0 Å². The highest BCUT2D eigenvalue weighted by molar-refractivity contribution is 6.33. The molecule has 0 bridgehead atoms. The molecule has 0 spiro atoms. The Hall–Kier alpha value is -1.46. The molecule has 6 heteroatoms. The third kappa shape index (κ3) is 2.52. The van der Waals surface area contributed by atoms with E-state index in [1.807, 2.05) is 13.8 Å². The summed E-state index contributed by atoms with van der Waals surface area (Å²) in [5, 5.41) is 11.1. The van der Waals surface area contributed by atoms with Gasteiger partial charge in [0.1, 0.15) is 5.82 Å². The first-order valence-electron chi connectivity index (χ1n) is 5.64. The summed E-state index contributed by atoms with van der Waals surface area (Å²) in [6.45, 7) is 4.64. The molecular formula is C12H13ClFN3O. The van der Waals surface area contributed by atoms with Gasteiger partial charge in [0.2, 0.25) is 5.89 Å². The van der Waals surface area contributed by atoms with E-state index in [4.69, 9.17) is 16.0 Å². The Kier molecular flexibility index (Phi) is 3.93. The first kappa shape index (κ1) is 13.0. The van der Waals surface area contributed by atoms with Crippen LogP contribution in [0.3, 0.4) is 0 Å². The minimum atomic E-state index is -0.478. The quantitative estimate of drug-likeness (QED) is 0.926. The van der Waals surface area contributed by atoms with Crippen molar-refractivity contribution in [3.05, 3.63) is 34.9 Å². The molecule has 1 aromatic heterocycles. The molecule has 2 aromatic rings. The van der Waals surface area contributed by atoms with Gasteiger partial charge in [0.15, 0.2) is 0 Å². The molecule has 1 aromatic carbocycles. The van der Waals surface area contributed by atoms with Gasteiger partial charge in [-0.15, -0.1) is 10.2 Å². The number of rotatable bonds is 4. The molecule has 0 aliphatic heterocycles. The highest BCUT2D eigenvalue weighted by Crippen LogP contribution is 2.30. The van der Waals surface area contributed by atoms with Crippen molar-refractivity contribution in [3.63, 3.8) is 0 Å². The van der Waals surface area contributed by atoms with Crippen molar-refractivity contribution in [2.24, 2.45) is 0 Å². The van der Waals surface area contributed by atoms with Gasteiger partial charge < -0.3 is 9.73 Å². The lowest BCUT2D eigenvalue weighted by Crippen LogP contribution is -2.17. The number of hydrogen-bond donors (Lipinski definition) is 1. The molecule has 0 saturated carbocycles. The summed E-state index contributed by atoms with van der Waals surface area (Å²) in [4.78, 5) is 0. The molecule has 1 heterocycles. The molecule has 0 aliphatic carbocycles. The van der Waals surface area contributed by atoms with Gasteiger partial charge in [-0.2, -0.15) is 0 Å². The van der Waals surface area contributed by atoms with Crippen molar-refractivity contribution in [1.29, 1.82) is 0 Å². The molecule has 96 valence electrons. The van der Waals surface area contributed by atoms with E-state index < -0.39 is 5.82 Å². The van der Waals surface area contributed by atoms with Crippen LogP contribution in [0.5, 0.6) is 0 Å². The van der Waals surface area contributed by atoms with Crippen LogP contribution in [0.4, 0.5) is 4.39 Å². The fourth-order valence-electron chi connectivity index (χ4n) is 1.61. The fraction of sp³-hybridized carbons (Fsp3) is 0.333. The number of nitrogens with one attached hydrogen (secondary N) is 1. The maximum Gasteiger partial charge on any atom is 0.252 e. The van der Waals surface area contributed by atoms with Gasteiger partial charge in [0.25, 0.3) is 5.89 Å². The van der Waals surface area contributed by atoms with Crippen LogP contribution in [-0.2, 0) is 0 Å². The summed E-state index contributed by atoms with van der Waals surface area (Å²) in [5.74, 6) is 0.0258. The summed E-state index contributed by atoms with van der Waals surface area (Å²) in [6, 6.07) is 4.33. The summed E-state index contributed by atoms with van der Waals surface area (Å²) >= 11 is 5.93. The Morgan fingerprint density at radius 2 is 2.22 bits per heavy atom. The Bertz CT molecular complexity index is 524. The predicted molar refractivity (Wildman–Crippen MR) is 66.8 cm³/mol. The molecule has 1 atom stereocenters. The normalized spacial score (nSPS) is 12.7. The van der Waals surface area contributed by atoms with Crippen LogP contribution in [0.25, 0.3) is 11.5 Å². The van der Waals surface area contributed by atoms with Crippen LogP contribution in [0.1, 0.15) is 25.8 Å². The Labute approximate surface area is 109 Å². The Morgan fingerprint density at radius 1 is 1.44 bits per heavy atom. The van der Waals surface area contributed by atoms with Gasteiger partial charge in [-0.05, 0) is 25.6 Å². The molecule has 2 rings (SSSR count). The summed E-state index contributed by atoms with van der Waals surface area (Å²) in [6.07, 6.45) is 0. The van der Waals surface area contributed by atoms with Gasteiger partial charge in [0, 0.05) is 0 Å². The lowest BCUT2D eigenvalue weighted by atomic mass is 10.2. The van der Waals surface area contributed by atoms with Crippen LogP contribution < -0.4 is 5.32 Å². The molecule has 0 radical (unpaired) electrons. The molecule has 0 fully saturated rings. The highest BCUT2D eigenvalue weighted by Gasteiger charge is 2.18. The fourth-order valence-corrected chi connectivity index (χ4v) is 1.85. The van der Waals surface area contributed by atoms with Crippen LogP contribution in [-0.4, -0.2) is 16.7 Å². The van der Waals surface area contributed by atoms with Gasteiger partial charge in [-0.25, -0.2) is 4.39 Å². The summed E-state index contributed by atoms with van der Waals surface area (Å²) in [7, 11) is 0. The van der Waals surface area contributed by atoms with Crippen molar-refractivity contribution < 1.29 is 8.81 Å². The van der Waals surface area contributed by atoms with Gasteiger partial charge in [-0.3, -0.25) is 0 Å². The molecule has 0 amide bonds. The smallest absolute Gasteiger partial charge is 0.252 e. The second-order valence-electron chi connectivity index (χ2n) is 3.82. The van der Waals surface area contributed by atoms with Crippen LogP contribution in [0, 0.1) is 5.82 Å². The second kappa shape index (κ2) is 5.46. The zero-order chi connectivity index (χ0) is 13.1. The summed E-state index contributed by atoms with van der Waals surface area (Å²) in [5.41, 5.74) is 0.140. The molecular weight excluding hydrogens is 257 g/mol. The van der Waals surface area contributed by atoms with E-state index in [1.54, 1.807) is 6.07 Å². The number of benzene rings is 1. The Morgan fingerprint density at radius 3 is 2.89 bits per heavy atom. The zero-order valence-electron chi connectivity index (χ0n) is 10.1. The Balaban J connectivity index is 2.35. The molecule has 4 nitrogen and oxygen atoms in total. The molecule has 1 unspecified atom stereocenters. The first-order chi connectivity index (χ1) is 8.63. The third-order valence-corrected chi connectivity index (χ3v) is 2.81. The van der Waals surface area contributed by atoms with E-state index in [1.165, 1.54) is 12.1 Å². The van der Waals surface area contributed by atoms with Gasteiger partial charge in [-0.1, -0.05) is 24.6 Å². The van der Waals surface area contributed by atoms with Gasteiger partial charge >= 0.3 is 0 Å². The molecule has 1 N–H and O–H groups in total. The average Bonchev–Trinajstić information content (AvgIpc) is 2.78. The van der Waals surface area contributed by atoms with Crippen molar-refractivity contribution >= 4 is 11.6 Å². The largest absolute Gasteiger partial charge is 0.419 e. The van der Waals surface area contributed by atoms with Crippen LogP contribution in [0.2, 0.25) is 5.02 Å². The van der Waals surface area contributed by atoms with E-state index >= 15 is 0 Å².